The lowest BCUT2D eigenvalue weighted by molar-refractivity contribution is 0.569. The molecule has 1 atom stereocenters. The van der Waals surface area contributed by atoms with Crippen molar-refractivity contribution in [2.75, 3.05) is 6.54 Å². The van der Waals surface area contributed by atoms with Gasteiger partial charge in [0.15, 0.2) is 0 Å². The third-order valence-electron chi connectivity index (χ3n) is 3.35. The Morgan fingerprint density at radius 3 is 3.00 bits per heavy atom. The standard InChI is InChI=1S/C12H21N3/c1-3-5-9(4-2)12-10-6-7-13-8-11(10)14-15-12/h9,13H,3-8H2,1-2H3,(H,14,15). The van der Waals surface area contributed by atoms with Crippen LogP contribution in [0.25, 0.3) is 0 Å². The maximum Gasteiger partial charge on any atom is 0.0688 e. The summed E-state index contributed by atoms with van der Waals surface area (Å²) in [6.45, 7) is 6.58. The van der Waals surface area contributed by atoms with Crippen molar-refractivity contribution in [3.8, 4) is 0 Å². The van der Waals surface area contributed by atoms with E-state index in [9.17, 15) is 0 Å². The molecular formula is C12H21N3. The van der Waals surface area contributed by atoms with Crippen LogP contribution in [0.2, 0.25) is 0 Å². The molecule has 1 aromatic heterocycles. The molecule has 0 aromatic carbocycles. The average Bonchev–Trinajstić information content (AvgIpc) is 2.70. The van der Waals surface area contributed by atoms with Crippen molar-refractivity contribution in [2.45, 2.75) is 52.0 Å². The summed E-state index contributed by atoms with van der Waals surface area (Å²) in [6.07, 6.45) is 4.86. The zero-order chi connectivity index (χ0) is 10.7. The molecule has 1 unspecified atom stereocenters. The Balaban J connectivity index is 2.22. The van der Waals surface area contributed by atoms with Gasteiger partial charge >= 0.3 is 0 Å². The topological polar surface area (TPSA) is 40.7 Å². The number of nitrogens with zero attached hydrogens (tertiary/aromatic N) is 1. The van der Waals surface area contributed by atoms with Crippen LogP contribution in [0.4, 0.5) is 0 Å². The Morgan fingerprint density at radius 2 is 2.27 bits per heavy atom. The number of nitrogens with one attached hydrogen (secondary N) is 2. The number of H-pyrrole nitrogens is 1. The Hall–Kier alpha value is -0.830. The van der Waals surface area contributed by atoms with Gasteiger partial charge in [0.2, 0.25) is 0 Å². The van der Waals surface area contributed by atoms with Crippen LogP contribution in [0, 0.1) is 0 Å². The predicted molar refractivity (Wildman–Crippen MR) is 61.9 cm³/mol. The van der Waals surface area contributed by atoms with Gasteiger partial charge in [-0.2, -0.15) is 5.10 Å². The fourth-order valence-electron chi connectivity index (χ4n) is 2.49. The van der Waals surface area contributed by atoms with Crippen molar-refractivity contribution in [3.05, 3.63) is 17.0 Å². The monoisotopic (exact) mass is 207 g/mol. The highest BCUT2D eigenvalue weighted by molar-refractivity contribution is 5.30. The fraction of sp³-hybridized carbons (Fsp3) is 0.750. The van der Waals surface area contributed by atoms with Gasteiger partial charge in [-0.3, -0.25) is 5.10 Å². The quantitative estimate of drug-likeness (QED) is 0.795. The van der Waals surface area contributed by atoms with E-state index >= 15 is 0 Å². The summed E-state index contributed by atoms with van der Waals surface area (Å²) in [7, 11) is 0. The molecule has 2 N–H and O–H groups in total. The summed E-state index contributed by atoms with van der Waals surface area (Å²) in [6, 6.07) is 0. The molecule has 15 heavy (non-hydrogen) atoms. The lowest BCUT2D eigenvalue weighted by atomic mass is 9.91. The van der Waals surface area contributed by atoms with Gasteiger partial charge < -0.3 is 5.32 Å². The van der Waals surface area contributed by atoms with Crippen molar-refractivity contribution in [3.63, 3.8) is 0 Å². The normalized spacial score (nSPS) is 17.5. The van der Waals surface area contributed by atoms with Gasteiger partial charge in [-0.05, 0) is 31.4 Å². The van der Waals surface area contributed by atoms with Crippen LogP contribution >= 0.6 is 0 Å². The fourth-order valence-corrected chi connectivity index (χ4v) is 2.49. The van der Waals surface area contributed by atoms with Crippen LogP contribution in [-0.4, -0.2) is 16.7 Å². The van der Waals surface area contributed by atoms with Gasteiger partial charge in [0.05, 0.1) is 11.4 Å². The minimum absolute atomic E-state index is 0.660. The molecule has 0 aliphatic carbocycles. The summed E-state index contributed by atoms with van der Waals surface area (Å²) >= 11 is 0. The van der Waals surface area contributed by atoms with E-state index < -0.39 is 0 Å². The third kappa shape index (κ3) is 2.07. The molecule has 3 nitrogen and oxygen atoms in total. The molecule has 0 bridgehead atoms. The van der Waals surface area contributed by atoms with E-state index in [4.69, 9.17) is 0 Å². The van der Waals surface area contributed by atoms with Crippen molar-refractivity contribution in [2.24, 2.45) is 0 Å². The smallest absolute Gasteiger partial charge is 0.0688 e. The Kier molecular flexibility index (Phi) is 3.41. The van der Waals surface area contributed by atoms with Crippen LogP contribution < -0.4 is 5.32 Å². The van der Waals surface area contributed by atoms with Crippen LogP contribution in [-0.2, 0) is 13.0 Å². The van der Waals surface area contributed by atoms with E-state index in [1.165, 1.54) is 36.2 Å². The number of hydrogen-bond acceptors (Lipinski definition) is 2. The molecule has 0 spiro atoms. The molecule has 2 heterocycles. The van der Waals surface area contributed by atoms with Crippen molar-refractivity contribution in [1.29, 1.82) is 0 Å². The summed E-state index contributed by atoms with van der Waals surface area (Å²) in [5, 5.41) is 11.1. The minimum atomic E-state index is 0.660. The maximum absolute atomic E-state index is 4.52. The molecule has 1 aliphatic heterocycles. The first-order chi connectivity index (χ1) is 7.36. The van der Waals surface area contributed by atoms with Gasteiger partial charge in [-0.25, -0.2) is 0 Å². The summed E-state index contributed by atoms with van der Waals surface area (Å²) in [5.74, 6) is 0.660. The minimum Gasteiger partial charge on any atom is -0.311 e. The first-order valence-corrected chi connectivity index (χ1v) is 6.13. The zero-order valence-corrected chi connectivity index (χ0v) is 9.77. The number of rotatable bonds is 4. The number of hydrogen-bond donors (Lipinski definition) is 2. The molecule has 0 fully saturated rings. The average molecular weight is 207 g/mol. The molecule has 2 rings (SSSR count). The van der Waals surface area contributed by atoms with E-state index in [0.717, 1.165) is 19.5 Å². The maximum atomic E-state index is 4.52. The molecule has 1 aliphatic rings. The largest absolute Gasteiger partial charge is 0.311 e. The molecule has 3 heteroatoms. The number of fused-ring (bicyclic) bond motifs is 1. The van der Waals surface area contributed by atoms with E-state index in [0.29, 0.717) is 5.92 Å². The van der Waals surface area contributed by atoms with E-state index in [2.05, 4.69) is 29.4 Å². The molecule has 0 saturated heterocycles. The summed E-state index contributed by atoms with van der Waals surface area (Å²) < 4.78 is 0. The second kappa shape index (κ2) is 4.79. The van der Waals surface area contributed by atoms with E-state index in [1.807, 2.05) is 0 Å². The van der Waals surface area contributed by atoms with Crippen LogP contribution in [0.1, 0.15) is 56.0 Å². The first kappa shape index (κ1) is 10.7. The predicted octanol–water partition coefficient (Wildman–Crippen LogP) is 2.35. The molecule has 84 valence electrons. The van der Waals surface area contributed by atoms with Crippen LogP contribution in [0.15, 0.2) is 0 Å². The second-order valence-electron chi connectivity index (χ2n) is 4.39. The SMILES string of the molecule is CCCC(CC)c1n[nH]c2c1CCNC2. The van der Waals surface area contributed by atoms with E-state index in [-0.39, 0.29) is 0 Å². The van der Waals surface area contributed by atoms with E-state index in [1.54, 1.807) is 0 Å². The first-order valence-electron chi connectivity index (χ1n) is 6.13. The van der Waals surface area contributed by atoms with Crippen LogP contribution in [0.5, 0.6) is 0 Å². The van der Waals surface area contributed by atoms with Gasteiger partial charge in [-0.1, -0.05) is 20.3 Å². The summed E-state index contributed by atoms with van der Waals surface area (Å²) in [4.78, 5) is 0. The number of aromatic amines is 1. The Morgan fingerprint density at radius 1 is 1.40 bits per heavy atom. The molecular weight excluding hydrogens is 186 g/mol. The lowest BCUT2D eigenvalue weighted by Crippen LogP contribution is -2.23. The van der Waals surface area contributed by atoms with Crippen molar-refractivity contribution < 1.29 is 0 Å². The Labute approximate surface area is 91.7 Å². The van der Waals surface area contributed by atoms with Crippen molar-refractivity contribution in [1.82, 2.24) is 15.5 Å². The van der Waals surface area contributed by atoms with Crippen molar-refractivity contribution >= 4 is 0 Å². The second-order valence-corrected chi connectivity index (χ2v) is 4.39. The highest BCUT2D eigenvalue weighted by Gasteiger charge is 2.21. The number of aromatic nitrogens is 2. The van der Waals surface area contributed by atoms with Crippen LogP contribution in [0.3, 0.4) is 0 Å². The zero-order valence-electron chi connectivity index (χ0n) is 9.77. The third-order valence-corrected chi connectivity index (χ3v) is 3.35. The molecule has 0 amide bonds. The highest BCUT2D eigenvalue weighted by atomic mass is 15.1. The van der Waals surface area contributed by atoms with Gasteiger partial charge in [-0.15, -0.1) is 0 Å². The lowest BCUT2D eigenvalue weighted by Gasteiger charge is -2.17. The highest BCUT2D eigenvalue weighted by Crippen LogP contribution is 2.28. The van der Waals surface area contributed by atoms with Gasteiger partial charge in [0.25, 0.3) is 0 Å². The molecule has 0 radical (unpaired) electrons. The summed E-state index contributed by atoms with van der Waals surface area (Å²) in [5.41, 5.74) is 4.15. The molecule has 1 aromatic rings. The molecule has 0 saturated carbocycles. The van der Waals surface area contributed by atoms with Gasteiger partial charge in [0, 0.05) is 12.5 Å². The van der Waals surface area contributed by atoms with Gasteiger partial charge in [0.1, 0.15) is 0 Å². The Bertz CT molecular complexity index is 317.